The third-order valence-electron chi connectivity index (χ3n) is 3.45. The van der Waals surface area contributed by atoms with Crippen LogP contribution in [0.4, 0.5) is 0 Å². The summed E-state index contributed by atoms with van der Waals surface area (Å²) in [7, 11) is 0. The largest absolute Gasteiger partial charge is 0.351 e. The second-order valence-corrected chi connectivity index (χ2v) is 6.93. The molecular formula is C15H15Cl3N2OS. The van der Waals surface area contributed by atoms with Crippen molar-refractivity contribution in [2.75, 3.05) is 19.6 Å². The summed E-state index contributed by atoms with van der Waals surface area (Å²) in [6.45, 7) is 2.70. The molecule has 2 heterocycles. The number of benzene rings is 1. The fourth-order valence-corrected chi connectivity index (χ4v) is 3.30. The van der Waals surface area contributed by atoms with Crippen molar-refractivity contribution in [1.82, 2.24) is 10.6 Å². The van der Waals surface area contributed by atoms with Crippen molar-refractivity contribution >= 4 is 52.9 Å². The van der Waals surface area contributed by atoms with Gasteiger partial charge in [0.05, 0.1) is 14.9 Å². The molecule has 3 rings (SSSR count). The maximum Gasteiger partial charge on any atom is 0.261 e. The fraction of sp³-hybridized carbons (Fsp3) is 0.267. The summed E-state index contributed by atoms with van der Waals surface area (Å²) in [5.41, 5.74) is 0.969. The van der Waals surface area contributed by atoms with Gasteiger partial charge in [0, 0.05) is 30.4 Å². The summed E-state index contributed by atoms with van der Waals surface area (Å²) in [4.78, 5) is 13.8. The van der Waals surface area contributed by atoms with Gasteiger partial charge in [-0.3, -0.25) is 4.79 Å². The second kappa shape index (κ2) is 7.66. The zero-order valence-electron chi connectivity index (χ0n) is 11.6. The third-order valence-corrected chi connectivity index (χ3v) is 5.32. The maximum absolute atomic E-state index is 12.1. The number of carbonyl (C=O) groups excluding carboxylic acids is 1. The number of amides is 1. The van der Waals surface area contributed by atoms with Crippen LogP contribution in [0.2, 0.25) is 10.0 Å². The topological polar surface area (TPSA) is 41.1 Å². The van der Waals surface area contributed by atoms with Crippen LogP contribution >= 0.6 is 46.9 Å². The average Bonchev–Trinajstić information content (AvgIpc) is 2.89. The van der Waals surface area contributed by atoms with E-state index in [4.69, 9.17) is 23.2 Å². The first-order valence-corrected chi connectivity index (χ1v) is 8.25. The molecule has 1 aliphatic rings. The van der Waals surface area contributed by atoms with Crippen LogP contribution in [0, 0.1) is 5.92 Å². The van der Waals surface area contributed by atoms with Gasteiger partial charge in [-0.15, -0.1) is 23.7 Å². The van der Waals surface area contributed by atoms with Gasteiger partial charge in [0.25, 0.3) is 5.91 Å². The minimum Gasteiger partial charge on any atom is -0.351 e. The Morgan fingerprint density at radius 3 is 2.64 bits per heavy atom. The van der Waals surface area contributed by atoms with Gasteiger partial charge in [0.15, 0.2) is 0 Å². The van der Waals surface area contributed by atoms with Gasteiger partial charge < -0.3 is 10.6 Å². The Kier molecular flexibility index (Phi) is 6.12. The molecule has 0 atom stereocenters. The van der Waals surface area contributed by atoms with Gasteiger partial charge in [-0.25, -0.2) is 0 Å². The number of nitrogens with one attached hydrogen (secondary N) is 2. The van der Waals surface area contributed by atoms with Gasteiger partial charge >= 0.3 is 0 Å². The smallest absolute Gasteiger partial charge is 0.261 e. The molecule has 0 saturated carbocycles. The summed E-state index contributed by atoms with van der Waals surface area (Å²) in [5.74, 6) is 0.543. The highest BCUT2D eigenvalue weighted by molar-refractivity contribution is 7.17. The van der Waals surface area contributed by atoms with Gasteiger partial charge in [-0.2, -0.15) is 0 Å². The first-order valence-electron chi connectivity index (χ1n) is 6.67. The van der Waals surface area contributed by atoms with E-state index in [1.807, 2.05) is 24.3 Å². The minimum atomic E-state index is -0.0155. The Labute approximate surface area is 149 Å². The molecule has 2 aromatic rings. The van der Waals surface area contributed by atoms with Crippen molar-refractivity contribution in [2.24, 2.45) is 5.92 Å². The zero-order valence-corrected chi connectivity index (χ0v) is 14.7. The number of hydrogen-bond acceptors (Lipinski definition) is 3. The van der Waals surface area contributed by atoms with E-state index in [1.165, 1.54) is 11.3 Å². The predicted molar refractivity (Wildman–Crippen MR) is 95.7 cm³/mol. The lowest BCUT2D eigenvalue weighted by molar-refractivity contribution is 0.0946. The number of halogens is 3. The second-order valence-electron chi connectivity index (χ2n) is 5.03. The molecule has 7 heteroatoms. The SMILES string of the molecule is Cl.O=C(NCC1CNC1)c1ccc(-c2ccc(Cl)c(Cl)c2)s1. The molecule has 1 aliphatic heterocycles. The Balaban J connectivity index is 0.00000176. The molecule has 0 unspecified atom stereocenters. The lowest BCUT2D eigenvalue weighted by atomic mass is 10.0. The van der Waals surface area contributed by atoms with Crippen molar-refractivity contribution in [3.05, 3.63) is 45.3 Å². The number of thiophene rings is 1. The molecule has 1 fully saturated rings. The highest BCUT2D eigenvalue weighted by Crippen LogP contribution is 2.32. The Morgan fingerprint density at radius 2 is 2.00 bits per heavy atom. The molecule has 0 bridgehead atoms. The number of rotatable bonds is 4. The first kappa shape index (κ1) is 17.6. The van der Waals surface area contributed by atoms with E-state index in [9.17, 15) is 4.79 Å². The average molecular weight is 378 g/mol. The van der Waals surface area contributed by atoms with Crippen LogP contribution in [-0.2, 0) is 0 Å². The van der Waals surface area contributed by atoms with Gasteiger partial charge in [0.2, 0.25) is 0 Å². The summed E-state index contributed by atoms with van der Waals surface area (Å²) in [6.07, 6.45) is 0. The van der Waals surface area contributed by atoms with Gasteiger partial charge in [-0.05, 0) is 29.8 Å². The van der Waals surface area contributed by atoms with Crippen LogP contribution < -0.4 is 10.6 Å². The van der Waals surface area contributed by atoms with Crippen molar-refractivity contribution in [2.45, 2.75) is 0 Å². The summed E-state index contributed by atoms with van der Waals surface area (Å²) >= 11 is 13.4. The fourth-order valence-electron chi connectivity index (χ4n) is 2.08. The van der Waals surface area contributed by atoms with E-state index in [2.05, 4.69) is 10.6 Å². The lowest BCUT2D eigenvalue weighted by Crippen LogP contribution is -2.48. The molecule has 22 heavy (non-hydrogen) atoms. The minimum absolute atomic E-state index is 0. The Morgan fingerprint density at radius 1 is 1.23 bits per heavy atom. The molecule has 1 amide bonds. The molecule has 118 valence electrons. The quantitative estimate of drug-likeness (QED) is 0.842. The van der Waals surface area contributed by atoms with Crippen LogP contribution in [0.15, 0.2) is 30.3 Å². The van der Waals surface area contributed by atoms with E-state index in [-0.39, 0.29) is 18.3 Å². The van der Waals surface area contributed by atoms with Crippen LogP contribution in [0.25, 0.3) is 10.4 Å². The molecule has 1 aromatic carbocycles. The molecule has 0 spiro atoms. The van der Waals surface area contributed by atoms with Crippen LogP contribution in [-0.4, -0.2) is 25.5 Å². The Bertz CT molecular complexity index is 671. The van der Waals surface area contributed by atoms with E-state index in [0.29, 0.717) is 20.8 Å². The van der Waals surface area contributed by atoms with Crippen molar-refractivity contribution in [1.29, 1.82) is 0 Å². The van der Waals surface area contributed by atoms with Crippen LogP contribution in [0.5, 0.6) is 0 Å². The highest BCUT2D eigenvalue weighted by atomic mass is 35.5. The lowest BCUT2D eigenvalue weighted by Gasteiger charge is -2.26. The van der Waals surface area contributed by atoms with Crippen molar-refractivity contribution in [3.63, 3.8) is 0 Å². The Hall–Kier alpha value is -0.780. The van der Waals surface area contributed by atoms with E-state index < -0.39 is 0 Å². The van der Waals surface area contributed by atoms with E-state index >= 15 is 0 Å². The zero-order chi connectivity index (χ0) is 14.8. The highest BCUT2D eigenvalue weighted by Gasteiger charge is 2.18. The normalized spacial score (nSPS) is 14.1. The predicted octanol–water partition coefficient (Wildman–Crippen LogP) is 4.09. The van der Waals surface area contributed by atoms with Crippen molar-refractivity contribution in [3.8, 4) is 10.4 Å². The molecule has 1 aromatic heterocycles. The summed E-state index contributed by atoms with van der Waals surface area (Å²) in [6, 6.07) is 9.27. The molecule has 1 saturated heterocycles. The van der Waals surface area contributed by atoms with E-state index in [1.54, 1.807) is 6.07 Å². The van der Waals surface area contributed by atoms with Gasteiger partial charge in [0.1, 0.15) is 0 Å². The first-order chi connectivity index (χ1) is 10.1. The van der Waals surface area contributed by atoms with Crippen molar-refractivity contribution < 1.29 is 4.79 Å². The van der Waals surface area contributed by atoms with Gasteiger partial charge in [-0.1, -0.05) is 29.3 Å². The molecule has 2 N–H and O–H groups in total. The standard InChI is InChI=1S/C15H14Cl2N2OS.ClH/c16-11-2-1-10(5-12(11)17)13-3-4-14(21-13)15(20)19-8-9-6-18-7-9;/h1-5,9,18H,6-8H2,(H,19,20);1H. The van der Waals surface area contributed by atoms with Crippen LogP contribution in [0.3, 0.4) is 0 Å². The number of carbonyl (C=O) groups is 1. The third kappa shape index (κ3) is 3.94. The number of hydrogen-bond donors (Lipinski definition) is 2. The van der Waals surface area contributed by atoms with Crippen LogP contribution in [0.1, 0.15) is 9.67 Å². The molecule has 0 aliphatic carbocycles. The molecular weight excluding hydrogens is 363 g/mol. The maximum atomic E-state index is 12.1. The summed E-state index contributed by atoms with van der Waals surface area (Å²) in [5, 5.41) is 7.21. The van der Waals surface area contributed by atoms with E-state index in [0.717, 1.165) is 30.1 Å². The summed E-state index contributed by atoms with van der Waals surface area (Å²) < 4.78 is 0. The molecule has 3 nitrogen and oxygen atoms in total. The monoisotopic (exact) mass is 376 g/mol. The molecule has 0 radical (unpaired) electrons.